The summed E-state index contributed by atoms with van der Waals surface area (Å²) in [6.45, 7) is 5.64. The fraction of sp³-hybridized carbons (Fsp3) is 0.533. The van der Waals surface area contributed by atoms with Crippen LogP contribution in [0.15, 0.2) is 24.3 Å². The summed E-state index contributed by atoms with van der Waals surface area (Å²) >= 11 is 0. The molecule has 18 heavy (non-hydrogen) atoms. The molecule has 3 heteroatoms. The van der Waals surface area contributed by atoms with Gasteiger partial charge in [-0.05, 0) is 19.4 Å². The van der Waals surface area contributed by atoms with Gasteiger partial charge in [-0.1, -0.05) is 24.3 Å². The summed E-state index contributed by atoms with van der Waals surface area (Å²) < 4.78 is 11.2. The second-order valence-corrected chi connectivity index (χ2v) is 4.68. The number of benzene rings is 1. The highest BCUT2D eigenvalue weighted by molar-refractivity contribution is 6.03. The summed E-state index contributed by atoms with van der Waals surface area (Å²) in [4.78, 5) is 12.8. The molecule has 2 rings (SSSR count). The molecule has 3 nitrogen and oxygen atoms in total. The smallest absolute Gasteiger partial charge is 0.195 e. The molecular weight excluding hydrogens is 228 g/mol. The van der Waals surface area contributed by atoms with E-state index in [1.54, 1.807) is 0 Å². The number of aryl methyl sites for hydroxylation is 1. The summed E-state index contributed by atoms with van der Waals surface area (Å²) in [5.41, 5.74) is 1.10. The first-order chi connectivity index (χ1) is 8.69. The summed E-state index contributed by atoms with van der Waals surface area (Å²) in [5.74, 6) is 0.103. The maximum Gasteiger partial charge on any atom is 0.195 e. The Hall–Kier alpha value is -1.19. The van der Waals surface area contributed by atoms with E-state index in [0.29, 0.717) is 32.7 Å². The Morgan fingerprint density at radius 1 is 1.33 bits per heavy atom. The summed E-state index contributed by atoms with van der Waals surface area (Å²) in [7, 11) is 0. The van der Waals surface area contributed by atoms with Crippen LogP contribution in [0.25, 0.3) is 0 Å². The first-order valence-electron chi connectivity index (χ1n) is 6.52. The van der Waals surface area contributed by atoms with Crippen molar-refractivity contribution < 1.29 is 14.3 Å². The predicted octanol–water partition coefficient (Wildman–Crippen LogP) is 2.76. The van der Waals surface area contributed by atoms with Crippen molar-refractivity contribution in [3.8, 4) is 0 Å². The number of carbonyl (C=O) groups is 1. The van der Waals surface area contributed by atoms with Crippen molar-refractivity contribution in [1.82, 2.24) is 0 Å². The van der Waals surface area contributed by atoms with E-state index in [9.17, 15) is 4.79 Å². The number of ketones is 1. The zero-order valence-corrected chi connectivity index (χ0v) is 11.1. The Morgan fingerprint density at radius 3 is 2.61 bits per heavy atom. The van der Waals surface area contributed by atoms with Crippen LogP contribution in [0.1, 0.15) is 35.7 Å². The molecule has 0 amide bonds. The first-order valence-corrected chi connectivity index (χ1v) is 6.52. The van der Waals surface area contributed by atoms with Crippen molar-refractivity contribution in [3.63, 3.8) is 0 Å². The van der Waals surface area contributed by atoms with Gasteiger partial charge in [0, 0.05) is 38.2 Å². The predicted molar refractivity (Wildman–Crippen MR) is 69.9 cm³/mol. The van der Waals surface area contributed by atoms with Gasteiger partial charge in [0.1, 0.15) is 5.60 Å². The lowest BCUT2D eigenvalue weighted by atomic mass is 9.84. The molecule has 1 aromatic carbocycles. The van der Waals surface area contributed by atoms with Crippen LogP contribution in [0.2, 0.25) is 0 Å². The molecule has 98 valence electrons. The number of ether oxygens (including phenoxy) is 2. The molecule has 1 heterocycles. The third kappa shape index (κ3) is 2.47. The maximum absolute atomic E-state index is 12.8. The van der Waals surface area contributed by atoms with Crippen LogP contribution in [-0.4, -0.2) is 31.2 Å². The van der Waals surface area contributed by atoms with E-state index >= 15 is 0 Å². The maximum atomic E-state index is 12.8. The summed E-state index contributed by atoms with van der Waals surface area (Å²) in [6, 6.07) is 7.70. The van der Waals surface area contributed by atoms with Crippen LogP contribution in [0, 0.1) is 6.92 Å². The van der Waals surface area contributed by atoms with Gasteiger partial charge in [-0.3, -0.25) is 4.79 Å². The van der Waals surface area contributed by atoms with Crippen molar-refractivity contribution in [2.75, 3.05) is 19.8 Å². The Kier molecular flexibility index (Phi) is 4.15. The topological polar surface area (TPSA) is 35.5 Å². The highest BCUT2D eigenvalue weighted by atomic mass is 16.5. The van der Waals surface area contributed by atoms with Gasteiger partial charge < -0.3 is 9.47 Å². The van der Waals surface area contributed by atoms with Crippen LogP contribution >= 0.6 is 0 Å². The van der Waals surface area contributed by atoms with E-state index in [4.69, 9.17) is 9.47 Å². The quantitative estimate of drug-likeness (QED) is 0.769. The van der Waals surface area contributed by atoms with Crippen molar-refractivity contribution in [1.29, 1.82) is 0 Å². The lowest BCUT2D eigenvalue weighted by Crippen LogP contribution is -2.46. The molecule has 1 fully saturated rings. The van der Waals surface area contributed by atoms with Gasteiger partial charge in [-0.2, -0.15) is 0 Å². The zero-order valence-electron chi connectivity index (χ0n) is 11.1. The molecule has 1 aliphatic rings. The van der Waals surface area contributed by atoms with Crippen molar-refractivity contribution in [3.05, 3.63) is 35.4 Å². The van der Waals surface area contributed by atoms with E-state index in [-0.39, 0.29) is 5.78 Å². The second-order valence-electron chi connectivity index (χ2n) is 4.68. The zero-order chi connectivity index (χ0) is 13.0. The normalized spacial score (nSPS) is 18.6. The fourth-order valence-corrected chi connectivity index (χ4v) is 2.49. The highest BCUT2D eigenvalue weighted by Gasteiger charge is 2.41. The largest absolute Gasteiger partial charge is 0.381 e. The van der Waals surface area contributed by atoms with Crippen LogP contribution < -0.4 is 0 Å². The van der Waals surface area contributed by atoms with Crippen molar-refractivity contribution >= 4 is 5.78 Å². The van der Waals surface area contributed by atoms with Crippen molar-refractivity contribution in [2.45, 2.75) is 32.3 Å². The minimum Gasteiger partial charge on any atom is -0.381 e. The number of Topliss-reactive ketones (excluding diaryl/α,β-unsaturated/α-hetero) is 1. The van der Waals surface area contributed by atoms with E-state index in [1.807, 2.05) is 38.1 Å². The van der Waals surface area contributed by atoms with E-state index in [0.717, 1.165) is 11.1 Å². The number of rotatable bonds is 4. The Morgan fingerprint density at radius 2 is 2.00 bits per heavy atom. The van der Waals surface area contributed by atoms with E-state index in [1.165, 1.54) is 0 Å². The lowest BCUT2D eigenvalue weighted by molar-refractivity contribution is -0.0822. The third-order valence-electron chi connectivity index (χ3n) is 3.52. The Bertz CT molecular complexity index is 414. The molecule has 0 saturated carbocycles. The van der Waals surface area contributed by atoms with Gasteiger partial charge in [0.2, 0.25) is 0 Å². The number of hydrogen-bond donors (Lipinski definition) is 0. The monoisotopic (exact) mass is 248 g/mol. The average Bonchev–Trinajstić information content (AvgIpc) is 2.40. The van der Waals surface area contributed by atoms with Gasteiger partial charge in [0.05, 0.1) is 0 Å². The van der Waals surface area contributed by atoms with Gasteiger partial charge in [-0.25, -0.2) is 0 Å². The minimum atomic E-state index is -0.681. The van der Waals surface area contributed by atoms with Gasteiger partial charge >= 0.3 is 0 Å². The average molecular weight is 248 g/mol. The van der Waals surface area contributed by atoms with E-state index < -0.39 is 5.60 Å². The lowest BCUT2D eigenvalue weighted by Gasteiger charge is -2.35. The molecule has 1 aromatic rings. The third-order valence-corrected chi connectivity index (χ3v) is 3.52. The molecule has 0 bridgehead atoms. The van der Waals surface area contributed by atoms with Gasteiger partial charge in [0.25, 0.3) is 0 Å². The molecule has 0 unspecified atom stereocenters. The molecule has 1 saturated heterocycles. The molecule has 0 spiro atoms. The molecule has 1 aliphatic heterocycles. The molecule has 0 N–H and O–H groups in total. The van der Waals surface area contributed by atoms with Gasteiger partial charge in [-0.15, -0.1) is 0 Å². The summed E-state index contributed by atoms with van der Waals surface area (Å²) in [6.07, 6.45) is 1.29. The summed E-state index contributed by atoms with van der Waals surface area (Å²) in [5, 5.41) is 0. The van der Waals surface area contributed by atoms with Crippen LogP contribution in [0.3, 0.4) is 0 Å². The number of carbonyl (C=O) groups excluding carboxylic acids is 1. The molecule has 0 atom stereocenters. The Labute approximate surface area is 108 Å². The molecule has 0 aliphatic carbocycles. The standard InChI is InChI=1S/C15H20O3/c1-3-18-15(8-10-17-11-9-15)14(16)13-7-5-4-6-12(13)2/h4-7H,3,8-11H2,1-2H3. The van der Waals surface area contributed by atoms with Gasteiger partial charge in [0.15, 0.2) is 5.78 Å². The second kappa shape index (κ2) is 5.63. The van der Waals surface area contributed by atoms with Crippen LogP contribution in [0.4, 0.5) is 0 Å². The SMILES string of the molecule is CCOC1(C(=O)c2ccccc2C)CCOCC1. The Balaban J connectivity index is 2.31. The number of hydrogen-bond acceptors (Lipinski definition) is 3. The van der Waals surface area contributed by atoms with Crippen molar-refractivity contribution in [2.24, 2.45) is 0 Å². The minimum absolute atomic E-state index is 0.103. The molecular formula is C15H20O3. The fourth-order valence-electron chi connectivity index (χ4n) is 2.49. The molecule has 0 radical (unpaired) electrons. The first kappa shape index (κ1) is 13.2. The van der Waals surface area contributed by atoms with Crippen LogP contribution in [-0.2, 0) is 9.47 Å². The van der Waals surface area contributed by atoms with E-state index in [2.05, 4.69) is 0 Å². The highest BCUT2D eigenvalue weighted by Crippen LogP contribution is 2.30. The van der Waals surface area contributed by atoms with Crippen LogP contribution in [0.5, 0.6) is 0 Å². The molecule has 0 aromatic heterocycles.